The highest BCUT2D eigenvalue weighted by Crippen LogP contribution is 2.11. The summed E-state index contributed by atoms with van der Waals surface area (Å²) in [4.78, 5) is 15.8. The summed E-state index contributed by atoms with van der Waals surface area (Å²) in [6, 6.07) is 0.693. The molecule has 2 fully saturated rings. The van der Waals surface area contributed by atoms with E-state index in [4.69, 9.17) is 0 Å². The topological polar surface area (TPSA) is 47.6 Å². The van der Waals surface area contributed by atoms with Crippen molar-refractivity contribution >= 4 is 6.03 Å². The lowest BCUT2D eigenvalue weighted by Gasteiger charge is -2.32. The molecule has 1 atom stereocenters. The van der Waals surface area contributed by atoms with Crippen LogP contribution in [0.2, 0.25) is 0 Å². The van der Waals surface area contributed by atoms with Gasteiger partial charge in [-0.15, -0.1) is 0 Å². The average Bonchev–Trinajstić information content (AvgIpc) is 2.81. The fourth-order valence-corrected chi connectivity index (χ4v) is 2.74. The molecule has 2 amide bonds. The van der Waals surface area contributed by atoms with Crippen LogP contribution in [0.25, 0.3) is 0 Å². The zero-order chi connectivity index (χ0) is 12.8. The van der Waals surface area contributed by atoms with Crippen molar-refractivity contribution in [3.05, 3.63) is 0 Å². The molecule has 104 valence electrons. The van der Waals surface area contributed by atoms with Crippen LogP contribution >= 0.6 is 0 Å². The molecule has 0 spiro atoms. The van der Waals surface area contributed by atoms with Crippen molar-refractivity contribution in [3.8, 4) is 0 Å². The van der Waals surface area contributed by atoms with E-state index < -0.39 is 0 Å². The van der Waals surface area contributed by atoms with E-state index in [0.29, 0.717) is 6.04 Å². The Bertz CT molecular complexity index is 266. The maximum Gasteiger partial charge on any atom is 0.317 e. The minimum Gasteiger partial charge on any atom is -0.336 e. The van der Waals surface area contributed by atoms with Gasteiger partial charge in [-0.2, -0.15) is 0 Å². The van der Waals surface area contributed by atoms with Gasteiger partial charge in [-0.3, -0.25) is 4.90 Å². The van der Waals surface area contributed by atoms with Gasteiger partial charge in [0.15, 0.2) is 0 Å². The Morgan fingerprint density at radius 1 is 1.28 bits per heavy atom. The van der Waals surface area contributed by atoms with Gasteiger partial charge in [-0.25, -0.2) is 4.79 Å². The van der Waals surface area contributed by atoms with Gasteiger partial charge >= 0.3 is 6.03 Å². The standard InChI is InChI=1S/C13H26N4O/c1-12(16-7-3-2-4-8-16)11-14-5-9-17-10-6-15-13(17)18/h12,14H,2-11H2,1H3,(H,15,18). The van der Waals surface area contributed by atoms with Crippen LogP contribution in [0.15, 0.2) is 0 Å². The molecule has 0 aliphatic carbocycles. The van der Waals surface area contributed by atoms with Gasteiger partial charge in [-0.1, -0.05) is 6.42 Å². The summed E-state index contributed by atoms with van der Waals surface area (Å²) in [6.45, 7) is 9.17. The molecule has 0 aromatic rings. The number of nitrogens with one attached hydrogen (secondary N) is 2. The maximum atomic E-state index is 11.3. The van der Waals surface area contributed by atoms with Crippen molar-refractivity contribution in [3.63, 3.8) is 0 Å². The Kier molecular flexibility index (Phi) is 5.26. The number of rotatable bonds is 6. The number of urea groups is 1. The van der Waals surface area contributed by atoms with E-state index in [2.05, 4.69) is 22.5 Å². The Balaban J connectivity index is 1.55. The third kappa shape index (κ3) is 3.85. The van der Waals surface area contributed by atoms with Gasteiger partial charge in [0.1, 0.15) is 0 Å². The predicted molar refractivity (Wildman–Crippen MR) is 72.7 cm³/mol. The molecule has 2 rings (SSSR count). The first-order valence-electron chi connectivity index (χ1n) is 7.25. The highest BCUT2D eigenvalue weighted by atomic mass is 16.2. The van der Waals surface area contributed by atoms with E-state index in [1.54, 1.807) is 0 Å². The molecule has 0 saturated carbocycles. The zero-order valence-electron chi connectivity index (χ0n) is 11.5. The summed E-state index contributed by atoms with van der Waals surface area (Å²) in [5.74, 6) is 0. The first-order valence-corrected chi connectivity index (χ1v) is 7.25. The molecular weight excluding hydrogens is 228 g/mol. The van der Waals surface area contributed by atoms with Crippen molar-refractivity contribution in [2.24, 2.45) is 0 Å². The summed E-state index contributed by atoms with van der Waals surface area (Å²) >= 11 is 0. The molecule has 0 aromatic heterocycles. The third-order valence-electron chi connectivity index (χ3n) is 3.96. The van der Waals surface area contributed by atoms with Crippen LogP contribution in [-0.4, -0.2) is 67.7 Å². The first kappa shape index (κ1) is 13.6. The molecule has 0 radical (unpaired) electrons. The van der Waals surface area contributed by atoms with Gasteiger partial charge in [0.2, 0.25) is 0 Å². The molecule has 2 aliphatic rings. The van der Waals surface area contributed by atoms with Crippen LogP contribution in [0.3, 0.4) is 0 Å². The van der Waals surface area contributed by atoms with Crippen LogP contribution in [-0.2, 0) is 0 Å². The summed E-state index contributed by atoms with van der Waals surface area (Å²) in [5.41, 5.74) is 0. The van der Waals surface area contributed by atoms with Crippen LogP contribution in [0.1, 0.15) is 26.2 Å². The number of piperidine rings is 1. The van der Waals surface area contributed by atoms with E-state index in [1.165, 1.54) is 32.4 Å². The van der Waals surface area contributed by atoms with Gasteiger partial charge in [0.05, 0.1) is 0 Å². The van der Waals surface area contributed by atoms with Crippen molar-refractivity contribution in [2.75, 3.05) is 45.8 Å². The molecule has 2 saturated heterocycles. The fourth-order valence-electron chi connectivity index (χ4n) is 2.74. The molecule has 2 aliphatic heterocycles. The fraction of sp³-hybridized carbons (Fsp3) is 0.923. The van der Waals surface area contributed by atoms with Crippen molar-refractivity contribution in [2.45, 2.75) is 32.2 Å². The van der Waals surface area contributed by atoms with Gasteiger partial charge in [-0.05, 0) is 32.9 Å². The molecule has 5 heteroatoms. The Hall–Kier alpha value is -0.810. The average molecular weight is 254 g/mol. The minimum absolute atomic E-state index is 0.0841. The first-order chi connectivity index (χ1) is 8.77. The Labute approximate surface area is 110 Å². The smallest absolute Gasteiger partial charge is 0.317 e. The van der Waals surface area contributed by atoms with Gasteiger partial charge in [0.25, 0.3) is 0 Å². The number of hydrogen-bond donors (Lipinski definition) is 2. The van der Waals surface area contributed by atoms with E-state index in [0.717, 1.165) is 32.7 Å². The van der Waals surface area contributed by atoms with Gasteiger partial charge in [0, 0.05) is 38.8 Å². The summed E-state index contributed by atoms with van der Waals surface area (Å²) in [5, 5.41) is 6.29. The van der Waals surface area contributed by atoms with Crippen molar-refractivity contribution in [1.29, 1.82) is 0 Å². The lowest BCUT2D eigenvalue weighted by atomic mass is 10.1. The molecule has 2 N–H and O–H groups in total. The highest BCUT2D eigenvalue weighted by molar-refractivity contribution is 5.76. The van der Waals surface area contributed by atoms with E-state index >= 15 is 0 Å². The second kappa shape index (κ2) is 6.95. The monoisotopic (exact) mass is 254 g/mol. The lowest BCUT2D eigenvalue weighted by molar-refractivity contribution is 0.170. The third-order valence-corrected chi connectivity index (χ3v) is 3.96. The number of carbonyl (C=O) groups excluding carboxylic acids is 1. The number of likely N-dealkylation sites (tertiary alicyclic amines) is 1. The van der Waals surface area contributed by atoms with E-state index in [1.807, 2.05) is 4.90 Å². The summed E-state index contributed by atoms with van der Waals surface area (Å²) in [7, 11) is 0. The maximum absolute atomic E-state index is 11.3. The van der Waals surface area contributed by atoms with E-state index in [-0.39, 0.29) is 6.03 Å². The number of amides is 2. The van der Waals surface area contributed by atoms with E-state index in [9.17, 15) is 4.79 Å². The Morgan fingerprint density at radius 3 is 2.72 bits per heavy atom. The molecule has 18 heavy (non-hydrogen) atoms. The molecular formula is C13H26N4O. The minimum atomic E-state index is 0.0841. The second-order valence-corrected chi connectivity index (χ2v) is 5.37. The molecule has 5 nitrogen and oxygen atoms in total. The Morgan fingerprint density at radius 2 is 2.06 bits per heavy atom. The number of hydrogen-bond acceptors (Lipinski definition) is 3. The SMILES string of the molecule is CC(CNCCN1CCNC1=O)N1CCCCC1. The lowest BCUT2D eigenvalue weighted by Crippen LogP contribution is -2.44. The highest BCUT2D eigenvalue weighted by Gasteiger charge is 2.19. The number of carbonyl (C=O) groups is 1. The van der Waals surface area contributed by atoms with Crippen molar-refractivity contribution < 1.29 is 4.79 Å². The summed E-state index contributed by atoms with van der Waals surface area (Å²) < 4.78 is 0. The van der Waals surface area contributed by atoms with Crippen LogP contribution in [0, 0.1) is 0 Å². The predicted octanol–water partition coefficient (Wildman–Crippen LogP) is 0.476. The van der Waals surface area contributed by atoms with Crippen LogP contribution in [0.5, 0.6) is 0 Å². The number of nitrogens with zero attached hydrogens (tertiary/aromatic N) is 2. The largest absolute Gasteiger partial charge is 0.336 e. The molecule has 0 bridgehead atoms. The molecule has 2 heterocycles. The van der Waals surface area contributed by atoms with Gasteiger partial charge < -0.3 is 15.5 Å². The quantitative estimate of drug-likeness (QED) is 0.678. The molecule has 0 aromatic carbocycles. The van der Waals surface area contributed by atoms with Crippen LogP contribution in [0.4, 0.5) is 4.79 Å². The molecule has 1 unspecified atom stereocenters. The van der Waals surface area contributed by atoms with Crippen LogP contribution < -0.4 is 10.6 Å². The zero-order valence-corrected chi connectivity index (χ0v) is 11.5. The second-order valence-electron chi connectivity index (χ2n) is 5.37. The normalized spacial score (nSPS) is 23.2. The van der Waals surface area contributed by atoms with Crippen molar-refractivity contribution in [1.82, 2.24) is 20.4 Å². The summed E-state index contributed by atoms with van der Waals surface area (Å²) in [6.07, 6.45) is 4.08.